The van der Waals surface area contributed by atoms with Crippen LogP contribution < -0.4 is 5.32 Å². The molecule has 1 N–H and O–H groups in total. The van der Waals surface area contributed by atoms with E-state index in [1.165, 1.54) is 12.1 Å². The maximum absolute atomic E-state index is 12.9. The van der Waals surface area contributed by atoms with Crippen molar-refractivity contribution in [2.45, 2.75) is 25.8 Å². The minimum absolute atomic E-state index is 0. The predicted molar refractivity (Wildman–Crippen MR) is 78.2 cm³/mol. The van der Waals surface area contributed by atoms with E-state index in [1.54, 1.807) is 12.1 Å². The average Bonchev–Trinajstić information content (AvgIpc) is 2.72. The first-order valence-corrected chi connectivity index (χ1v) is 6.94. The standard InChI is InChI=1S/C15H19FN2O.ClH/c16-13-4-2-12(3-5-13)10-18-9-7-15(14(18)19)6-1-8-17-11-15;/h2-5,17H,1,6-11H2;1H. The fourth-order valence-corrected chi connectivity index (χ4v) is 3.22. The molecule has 110 valence electrons. The number of carbonyl (C=O) groups excluding carboxylic acids is 1. The normalized spacial score (nSPS) is 25.9. The number of nitrogens with one attached hydrogen (secondary N) is 1. The van der Waals surface area contributed by atoms with Crippen LogP contribution in [-0.2, 0) is 11.3 Å². The van der Waals surface area contributed by atoms with Gasteiger partial charge in [0, 0.05) is 19.6 Å². The third kappa shape index (κ3) is 2.81. The molecule has 0 aliphatic carbocycles. The number of hydrogen-bond donors (Lipinski definition) is 1. The quantitative estimate of drug-likeness (QED) is 0.909. The molecule has 0 saturated carbocycles. The van der Waals surface area contributed by atoms with Crippen molar-refractivity contribution in [3.63, 3.8) is 0 Å². The summed E-state index contributed by atoms with van der Waals surface area (Å²) in [6.07, 6.45) is 3.02. The van der Waals surface area contributed by atoms with E-state index >= 15 is 0 Å². The molecule has 5 heteroatoms. The molecule has 2 heterocycles. The van der Waals surface area contributed by atoms with Crippen molar-refractivity contribution < 1.29 is 9.18 Å². The lowest BCUT2D eigenvalue weighted by Gasteiger charge is -2.32. The van der Waals surface area contributed by atoms with Gasteiger partial charge < -0.3 is 10.2 Å². The maximum Gasteiger partial charge on any atom is 0.230 e. The Hall–Kier alpha value is -1.13. The van der Waals surface area contributed by atoms with Crippen LogP contribution in [-0.4, -0.2) is 30.4 Å². The summed E-state index contributed by atoms with van der Waals surface area (Å²) in [4.78, 5) is 14.5. The molecule has 20 heavy (non-hydrogen) atoms. The Morgan fingerprint density at radius 1 is 1.25 bits per heavy atom. The molecule has 1 aromatic rings. The summed E-state index contributed by atoms with van der Waals surface area (Å²) in [6.45, 7) is 3.25. The van der Waals surface area contributed by atoms with Crippen molar-refractivity contribution in [2.75, 3.05) is 19.6 Å². The minimum Gasteiger partial charge on any atom is -0.338 e. The lowest BCUT2D eigenvalue weighted by molar-refractivity contribution is -0.137. The molecule has 0 bridgehead atoms. The summed E-state index contributed by atoms with van der Waals surface area (Å²) in [6, 6.07) is 6.42. The second-order valence-corrected chi connectivity index (χ2v) is 5.66. The van der Waals surface area contributed by atoms with Crippen LogP contribution in [0.5, 0.6) is 0 Å². The van der Waals surface area contributed by atoms with Gasteiger partial charge in [-0.3, -0.25) is 4.79 Å². The second-order valence-electron chi connectivity index (χ2n) is 5.66. The zero-order valence-electron chi connectivity index (χ0n) is 11.4. The molecule has 2 aliphatic heterocycles. The van der Waals surface area contributed by atoms with Crippen molar-refractivity contribution >= 4 is 18.3 Å². The molecular formula is C15H20ClFN2O. The second kappa shape index (κ2) is 6.10. The van der Waals surface area contributed by atoms with Gasteiger partial charge >= 0.3 is 0 Å². The van der Waals surface area contributed by atoms with Crippen LogP contribution in [0.1, 0.15) is 24.8 Å². The number of benzene rings is 1. The molecule has 1 unspecified atom stereocenters. The largest absolute Gasteiger partial charge is 0.338 e. The van der Waals surface area contributed by atoms with Gasteiger partial charge in [-0.1, -0.05) is 12.1 Å². The van der Waals surface area contributed by atoms with Crippen LogP contribution in [0.2, 0.25) is 0 Å². The van der Waals surface area contributed by atoms with E-state index in [0.29, 0.717) is 6.54 Å². The van der Waals surface area contributed by atoms with Gasteiger partial charge in [-0.15, -0.1) is 12.4 Å². The fourth-order valence-electron chi connectivity index (χ4n) is 3.22. The Labute approximate surface area is 124 Å². The van der Waals surface area contributed by atoms with Gasteiger partial charge in [-0.2, -0.15) is 0 Å². The van der Waals surface area contributed by atoms with Gasteiger partial charge in [-0.25, -0.2) is 4.39 Å². The summed E-state index contributed by atoms with van der Waals surface area (Å²) in [5, 5.41) is 3.34. The molecule has 2 saturated heterocycles. The third-order valence-corrected chi connectivity index (χ3v) is 4.36. The summed E-state index contributed by atoms with van der Waals surface area (Å²) in [5.74, 6) is 0.0356. The van der Waals surface area contributed by atoms with Gasteiger partial charge in [-0.05, 0) is 43.5 Å². The monoisotopic (exact) mass is 298 g/mol. The summed E-state index contributed by atoms with van der Waals surface area (Å²) >= 11 is 0. The Kier molecular flexibility index (Phi) is 4.66. The van der Waals surface area contributed by atoms with E-state index in [4.69, 9.17) is 0 Å². The number of rotatable bonds is 2. The third-order valence-electron chi connectivity index (χ3n) is 4.36. The van der Waals surface area contributed by atoms with Crippen LogP contribution in [0.3, 0.4) is 0 Å². The lowest BCUT2D eigenvalue weighted by Crippen LogP contribution is -2.45. The Morgan fingerprint density at radius 2 is 2.00 bits per heavy atom. The maximum atomic E-state index is 12.9. The van der Waals surface area contributed by atoms with Crippen LogP contribution in [0.4, 0.5) is 4.39 Å². The van der Waals surface area contributed by atoms with Gasteiger partial charge in [0.05, 0.1) is 5.41 Å². The van der Waals surface area contributed by atoms with Crippen LogP contribution in [0, 0.1) is 11.2 Å². The van der Waals surface area contributed by atoms with E-state index < -0.39 is 0 Å². The molecule has 0 radical (unpaired) electrons. The molecule has 1 spiro atoms. The molecule has 1 atom stereocenters. The highest BCUT2D eigenvalue weighted by atomic mass is 35.5. The van der Waals surface area contributed by atoms with E-state index in [-0.39, 0.29) is 29.5 Å². The van der Waals surface area contributed by atoms with Gasteiger partial charge in [0.2, 0.25) is 5.91 Å². The van der Waals surface area contributed by atoms with Crippen molar-refractivity contribution in [1.82, 2.24) is 10.2 Å². The van der Waals surface area contributed by atoms with E-state index in [0.717, 1.165) is 44.5 Å². The zero-order chi connectivity index (χ0) is 13.3. The Morgan fingerprint density at radius 3 is 2.65 bits per heavy atom. The summed E-state index contributed by atoms with van der Waals surface area (Å²) in [5.41, 5.74) is 0.828. The SMILES string of the molecule is Cl.O=C1N(Cc2ccc(F)cc2)CCC12CCCNC2. The molecule has 3 nitrogen and oxygen atoms in total. The first kappa shape index (κ1) is 15.3. The molecule has 3 rings (SSSR count). The van der Waals surface area contributed by atoms with E-state index in [9.17, 15) is 9.18 Å². The number of halogens is 2. The number of piperidine rings is 1. The number of amides is 1. The highest BCUT2D eigenvalue weighted by Gasteiger charge is 2.46. The number of nitrogens with zero attached hydrogens (tertiary/aromatic N) is 1. The van der Waals surface area contributed by atoms with Gasteiger partial charge in [0.15, 0.2) is 0 Å². The molecule has 2 aliphatic rings. The lowest BCUT2D eigenvalue weighted by atomic mass is 9.79. The minimum atomic E-state index is -0.232. The Bertz CT molecular complexity index is 471. The van der Waals surface area contributed by atoms with Gasteiger partial charge in [0.1, 0.15) is 5.82 Å². The Balaban J connectivity index is 0.00000147. The smallest absolute Gasteiger partial charge is 0.230 e. The number of hydrogen-bond acceptors (Lipinski definition) is 2. The summed E-state index contributed by atoms with van der Waals surface area (Å²) < 4.78 is 12.9. The highest BCUT2D eigenvalue weighted by molar-refractivity contribution is 5.85. The average molecular weight is 299 g/mol. The molecular weight excluding hydrogens is 279 g/mol. The molecule has 0 aromatic heterocycles. The first-order chi connectivity index (χ1) is 9.20. The molecule has 1 amide bonds. The first-order valence-electron chi connectivity index (χ1n) is 6.94. The zero-order valence-corrected chi connectivity index (χ0v) is 12.2. The van der Waals surface area contributed by atoms with Crippen molar-refractivity contribution in [3.8, 4) is 0 Å². The van der Waals surface area contributed by atoms with Crippen LogP contribution in [0.15, 0.2) is 24.3 Å². The van der Waals surface area contributed by atoms with Crippen LogP contribution in [0.25, 0.3) is 0 Å². The number of carbonyl (C=O) groups is 1. The predicted octanol–water partition coefficient (Wildman–Crippen LogP) is 2.35. The van der Waals surface area contributed by atoms with Crippen molar-refractivity contribution in [1.29, 1.82) is 0 Å². The molecule has 1 aromatic carbocycles. The number of likely N-dealkylation sites (tertiary alicyclic amines) is 1. The summed E-state index contributed by atoms with van der Waals surface area (Å²) in [7, 11) is 0. The van der Waals surface area contributed by atoms with Crippen molar-refractivity contribution in [3.05, 3.63) is 35.6 Å². The highest BCUT2D eigenvalue weighted by Crippen LogP contribution is 2.38. The molecule has 2 fully saturated rings. The van der Waals surface area contributed by atoms with E-state index in [1.807, 2.05) is 4.90 Å². The van der Waals surface area contributed by atoms with Crippen LogP contribution >= 0.6 is 12.4 Å². The fraction of sp³-hybridized carbons (Fsp3) is 0.533. The van der Waals surface area contributed by atoms with Crippen molar-refractivity contribution in [2.24, 2.45) is 5.41 Å². The van der Waals surface area contributed by atoms with E-state index in [2.05, 4.69) is 5.32 Å². The topological polar surface area (TPSA) is 32.3 Å². The van der Waals surface area contributed by atoms with Gasteiger partial charge in [0.25, 0.3) is 0 Å².